The number of benzene rings is 2. The van der Waals surface area contributed by atoms with Gasteiger partial charge in [0.2, 0.25) is 0 Å². The first kappa shape index (κ1) is 14.2. The largest absolute Gasteiger partial charge is 0.481 e. The summed E-state index contributed by atoms with van der Waals surface area (Å²) in [6.45, 7) is -0.0241. The molecule has 2 aromatic rings. The summed E-state index contributed by atoms with van der Waals surface area (Å²) in [6.07, 6.45) is 0.225. The number of carboxylic acid groups (broad SMARTS) is 1. The van der Waals surface area contributed by atoms with Crippen LogP contribution in [0.5, 0.6) is 0 Å². The molecule has 3 nitrogen and oxygen atoms in total. The van der Waals surface area contributed by atoms with Crippen molar-refractivity contribution in [2.75, 3.05) is 6.54 Å². The number of aliphatic carboxylic acids is 1. The fraction of sp³-hybridized carbons (Fsp3) is 0.188. The zero-order valence-electron chi connectivity index (χ0n) is 10.9. The number of carboxylic acids is 1. The molecule has 0 bridgehead atoms. The van der Waals surface area contributed by atoms with Crippen LogP contribution in [-0.2, 0) is 16.6 Å². The van der Waals surface area contributed by atoms with Gasteiger partial charge in [0.25, 0.3) is 0 Å². The fourth-order valence-corrected chi connectivity index (χ4v) is 2.29. The van der Waals surface area contributed by atoms with E-state index in [1.807, 2.05) is 6.07 Å². The zero-order chi connectivity index (χ0) is 14.6. The molecule has 20 heavy (non-hydrogen) atoms. The molecule has 0 fully saturated rings. The SMILES string of the molecule is NCC(Cc1ccc(F)cc1)(C(=O)O)c1ccccc1. The maximum absolute atomic E-state index is 12.9. The van der Waals surface area contributed by atoms with E-state index in [1.54, 1.807) is 36.4 Å². The standard InChI is InChI=1S/C16H16FNO2/c17-14-8-6-12(7-9-14)10-16(11-18,15(19)20)13-4-2-1-3-5-13/h1-9H,10-11,18H2,(H,19,20). The first-order valence-electron chi connectivity index (χ1n) is 6.32. The Morgan fingerprint density at radius 2 is 1.70 bits per heavy atom. The highest BCUT2D eigenvalue weighted by Crippen LogP contribution is 2.28. The molecule has 0 aliphatic heterocycles. The first-order chi connectivity index (χ1) is 9.58. The minimum atomic E-state index is -1.20. The van der Waals surface area contributed by atoms with Crippen LogP contribution in [-0.4, -0.2) is 17.6 Å². The summed E-state index contributed by atoms with van der Waals surface area (Å²) in [4.78, 5) is 11.8. The van der Waals surface area contributed by atoms with E-state index in [0.717, 1.165) is 5.56 Å². The van der Waals surface area contributed by atoms with E-state index in [-0.39, 0.29) is 18.8 Å². The maximum Gasteiger partial charge on any atom is 0.315 e. The fourth-order valence-electron chi connectivity index (χ4n) is 2.29. The van der Waals surface area contributed by atoms with E-state index in [0.29, 0.717) is 5.56 Å². The van der Waals surface area contributed by atoms with E-state index in [9.17, 15) is 14.3 Å². The molecule has 4 heteroatoms. The Balaban J connectivity index is 2.42. The van der Waals surface area contributed by atoms with Crippen molar-refractivity contribution in [3.63, 3.8) is 0 Å². The van der Waals surface area contributed by atoms with Crippen molar-refractivity contribution >= 4 is 5.97 Å². The third-order valence-electron chi connectivity index (χ3n) is 3.50. The van der Waals surface area contributed by atoms with Gasteiger partial charge < -0.3 is 10.8 Å². The monoisotopic (exact) mass is 273 g/mol. The van der Waals surface area contributed by atoms with Crippen molar-refractivity contribution in [3.8, 4) is 0 Å². The van der Waals surface area contributed by atoms with Crippen LogP contribution in [0.25, 0.3) is 0 Å². The molecule has 0 aliphatic carbocycles. The van der Waals surface area contributed by atoms with Crippen LogP contribution in [0.4, 0.5) is 4.39 Å². The molecule has 1 atom stereocenters. The number of halogens is 1. The molecule has 0 saturated carbocycles. The molecule has 0 saturated heterocycles. The molecule has 2 aromatic carbocycles. The number of rotatable bonds is 5. The van der Waals surface area contributed by atoms with Crippen LogP contribution in [0.2, 0.25) is 0 Å². The smallest absolute Gasteiger partial charge is 0.315 e. The third-order valence-corrected chi connectivity index (χ3v) is 3.50. The molecule has 104 valence electrons. The lowest BCUT2D eigenvalue weighted by Crippen LogP contribution is -2.44. The predicted octanol–water partition coefficient (Wildman–Crippen LogP) is 2.35. The van der Waals surface area contributed by atoms with Gasteiger partial charge >= 0.3 is 5.97 Å². The average Bonchev–Trinajstić information content (AvgIpc) is 2.47. The summed E-state index contributed by atoms with van der Waals surface area (Å²) in [7, 11) is 0. The Hall–Kier alpha value is -2.20. The number of hydrogen-bond donors (Lipinski definition) is 2. The van der Waals surface area contributed by atoms with Gasteiger partial charge in [-0.3, -0.25) is 4.79 Å². The van der Waals surface area contributed by atoms with Crippen molar-refractivity contribution in [3.05, 3.63) is 71.5 Å². The zero-order valence-corrected chi connectivity index (χ0v) is 10.9. The van der Waals surface area contributed by atoms with E-state index in [4.69, 9.17) is 5.73 Å². The van der Waals surface area contributed by atoms with Crippen molar-refractivity contribution in [1.29, 1.82) is 0 Å². The summed E-state index contributed by atoms with van der Waals surface area (Å²) in [6, 6.07) is 14.7. The second-order valence-corrected chi connectivity index (χ2v) is 4.76. The quantitative estimate of drug-likeness (QED) is 0.879. The van der Waals surface area contributed by atoms with Gasteiger partial charge in [0.15, 0.2) is 0 Å². The third kappa shape index (κ3) is 2.70. The molecule has 0 aromatic heterocycles. The van der Waals surface area contributed by atoms with Crippen molar-refractivity contribution < 1.29 is 14.3 Å². The van der Waals surface area contributed by atoms with Gasteiger partial charge in [-0.1, -0.05) is 42.5 Å². The van der Waals surface area contributed by atoms with Crippen LogP contribution in [0.1, 0.15) is 11.1 Å². The lowest BCUT2D eigenvalue weighted by molar-refractivity contribution is -0.143. The summed E-state index contributed by atoms with van der Waals surface area (Å²) in [5.74, 6) is -1.32. The average molecular weight is 273 g/mol. The lowest BCUT2D eigenvalue weighted by atomic mass is 9.75. The highest BCUT2D eigenvalue weighted by atomic mass is 19.1. The van der Waals surface area contributed by atoms with E-state index >= 15 is 0 Å². The minimum absolute atomic E-state index is 0.0241. The van der Waals surface area contributed by atoms with Gasteiger partial charge in [0.1, 0.15) is 11.2 Å². The van der Waals surface area contributed by atoms with E-state index < -0.39 is 11.4 Å². The molecule has 1 unspecified atom stereocenters. The Labute approximate surface area is 116 Å². The van der Waals surface area contributed by atoms with Crippen LogP contribution in [0.3, 0.4) is 0 Å². The highest BCUT2D eigenvalue weighted by molar-refractivity contribution is 5.82. The van der Waals surface area contributed by atoms with E-state index in [2.05, 4.69) is 0 Å². The predicted molar refractivity (Wildman–Crippen MR) is 74.9 cm³/mol. The van der Waals surface area contributed by atoms with Gasteiger partial charge in [-0.05, 0) is 29.7 Å². The summed E-state index contributed by atoms with van der Waals surface area (Å²) in [5, 5.41) is 9.64. The Kier molecular flexibility index (Phi) is 4.15. The second-order valence-electron chi connectivity index (χ2n) is 4.76. The van der Waals surface area contributed by atoms with Gasteiger partial charge in [-0.15, -0.1) is 0 Å². The molecule has 2 rings (SSSR count). The number of hydrogen-bond acceptors (Lipinski definition) is 2. The summed E-state index contributed by atoms with van der Waals surface area (Å²) in [5.41, 5.74) is 5.96. The molecule has 0 spiro atoms. The minimum Gasteiger partial charge on any atom is -0.481 e. The summed E-state index contributed by atoms with van der Waals surface area (Å²) >= 11 is 0. The van der Waals surface area contributed by atoms with Crippen molar-refractivity contribution in [2.45, 2.75) is 11.8 Å². The molecule has 3 N–H and O–H groups in total. The van der Waals surface area contributed by atoms with Gasteiger partial charge in [-0.2, -0.15) is 0 Å². The Bertz CT molecular complexity index is 583. The molecule has 0 heterocycles. The Morgan fingerprint density at radius 1 is 1.10 bits per heavy atom. The molecule has 0 aliphatic rings. The van der Waals surface area contributed by atoms with Crippen LogP contribution in [0, 0.1) is 5.82 Å². The van der Waals surface area contributed by atoms with Crippen LogP contribution in [0.15, 0.2) is 54.6 Å². The lowest BCUT2D eigenvalue weighted by Gasteiger charge is -2.28. The van der Waals surface area contributed by atoms with Crippen molar-refractivity contribution in [1.82, 2.24) is 0 Å². The van der Waals surface area contributed by atoms with Gasteiger partial charge in [0, 0.05) is 6.54 Å². The Morgan fingerprint density at radius 3 is 2.20 bits per heavy atom. The molecule has 0 amide bonds. The normalized spacial score (nSPS) is 13.7. The number of nitrogens with two attached hydrogens (primary N) is 1. The van der Waals surface area contributed by atoms with Crippen LogP contribution >= 0.6 is 0 Å². The molecule has 0 radical (unpaired) electrons. The second kappa shape index (κ2) is 5.84. The first-order valence-corrected chi connectivity index (χ1v) is 6.32. The van der Waals surface area contributed by atoms with Gasteiger partial charge in [-0.25, -0.2) is 4.39 Å². The summed E-state index contributed by atoms with van der Waals surface area (Å²) < 4.78 is 12.9. The number of carbonyl (C=O) groups is 1. The van der Waals surface area contributed by atoms with Crippen LogP contribution < -0.4 is 5.73 Å². The van der Waals surface area contributed by atoms with Crippen molar-refractivity contribution in [2.24, 2.45) is 5.73 Å². The van der Waals surface area contributed by atoms with Gasteiger partial charge in [0.05, 0.1) is 0 Å². The highest BCUT2D eigenvalue weighted by Gasteiger charge is 2.39. The topological polar surface area (TPSA) is 63.3 Å². The maximum atomic E-state index is 12.9. The van der Waals surface area contributed by atoms with E-state index in [1.165, 1.54) is 12.1 Å². The molecular formula is C16H16FNO2. The molecular weight excluding hydrogens is 257 g/mol.